The molecule has 0 amide bonds. The summed E-state index contributed by atoms with van der Waals surface area (Å²) in [4.78, 5) is 4.34. The van der Waals surface area contributed by atoms with Crippen LogP contribution in [0.5, 0.6) is 5.88 Å². The third kappa shape index (κ3) is 8.16. The number of ether oxygens (including phenoxy) is 1. The van der Waals surface area contributed by atoms with Crippen LogP contribution in [0.4, 0.5) is 0 Å². The number of nitrogens with one attached hydrogen (secondary N) is 1. The summed E-state index contributed by atoms with van der Waals surface area (Å²) in [5.41, 5.74) is 1.21. The lowest BCUT2D eigenvalue weighted by molar-refractivity contribution is 0.293. The molecule has 1 aromatic heterocycles. The van der Waals surface area contributed by atoms with Crippen LogP contribution in [-0.4, -0.2) is 18.1 Å². The maximum absolute atomic E-state index is 5.66. The molecule has 0 fully saturated rings. The Hall–Kier alpha value is -1.09. The molecule has 0 bridgehead atoms. The van der Waals surface area contributed by atoms with Crippen molar-refractivity contribution in [2.24, 2.45) is 0 Å². The van der Waals surface area contributed by atoms with E-state index in [0.29, 0.717) is 0 Å². The smallest absolute Gasteiger partial charge is 0.213 e. The molecule has 0 radical (unpaired) electrons. The maximum Gasteiger partial charge on any atom is 0.213 e. The minimum atomic E-state index is 0.748. The van der Waals surface area contributed by atoms with E-state index in [1.165, 1.54) is 37.7 Å². The first-order valence-electron chi connectivity index (χ1n) is 8.15. The van der Waals surface area contributed by atoms with Crippen molar-refractivity contribution in [3.63, 3.8) is 0 Å². The summed E-state index contributed by atoms with van der Waals surface area (Å²) in [5.74, 6) is 0.748. The molecule has 114 valence electrons. The molecule has 0 saturated heterocycles. The Morgan fingerprint density at radius 2 is 1.80 bits per heavy atom. The Morgan fingerprint density at radius 3 is 2.50 bits per heavy atom. The molecule has 20 heavy (non-hydrogen) atoms. The predicted octanol–water partition coefficient (Wildman–Crippen LogP) is 4.32. The van der Waals surface area contributed by atoms with Gasteiger partial charge < -0.3 is 10.1 Å². The van der Waals surface area contributed by atoms with Crippen molar-refractivity contribution in [3.05, 3.63) is 23.9 Å². The van der Waals surface area contributed by atoms with Crippen molar-refractivity contribution in [1.29, 1.82) is 0 Å². The third-order valence-corrected chi connectivity index (χ3v) is 3.30. The Kier molecular flexibility index (Phi) is 9.93. The van der Waals surface area contributed by atoms with Crippen molar-refractivity contribution in [3.8, 4) is 5.88 Å². The molecule has 1 rings (SSSR count). The molecule has 1 aromatic rings. The SMILES string of the molecule is CCCCCCCCOc1ccc(CNCCC)cn1. The Balaban J connectivity index is 2.08. The normalized spacial score (nSPS) is 10.7. The molecule has 0 aliphatic rings. The van der Waals surface area contributed by atoms with E-state index < -0.39 is 0 Å². The molecule has 0 aliphatic heterocycles. The molecule has 3 heteroatoms. The summed E-state index contributed by atoms with van der Waals surface area (Å²) < 4.78 is 5.66. The summed E-state index contributed by atoms with van der Waals surface area (Å²) in [6.45, 7) is 7.14. The Labute approximate surface area is 124 Å². The number of hydrogen-bond acceptors (Lipinski definition) is 3. The van der Waals surface area contributed by atoms with Gasteiger partial charge in [-0.15, -0.1) is 0 Å². The molecule has 3 nitrogen and oxygen atoms in total. The molecular weight excluding hydrogens is 248 g/mol. The van der Waals surface area contributed by atoms with E-state index in [1.807, 2.05) is 12.3 Å². The lowest BCUT2D eigenvalue weighted by atomic mass is 10.1. The number of nitrogens with zero attached hydrogens (tertiary/aromatic N) is 1. The van der Waals surface area contributed by atoms with Gasteiger partial charge in [-0.05, 0) is 24.9 Å². The van der Waals surface area contributed by atoms with Gasteiger partial charge in [0, 0.05) is 18.8 Å². The fraction of sp³-hybridized carbons (Fsp3) is 0.706. The van der Waals surface area contributed by atoms with Crippen LogP contribution in [0.1, 0.15) is 64.4 Å². The van der Waals surface area contributed by atoms with Crippen LogP contribution in [0.2, 0.25) is 0 Å². The lowest BCUT2D eigenvalue weighted by Crippen LogP contribution is -2.13. The summed E-state index contributed by atoms with van der Waals surface area (Å²) in [6.07, 6.45) is 10.8. The van der Waals surface area contributed by atoms with Gasteiger partial charge in [0.2, 0.25) is 5.88 Å². The molecule has 0 aliphatic carbocycles. The second-order valence-corrected chi connectivity index (χ2v) is 5.30. The van der Waals surface area contributed by atoms with Crippen LogP contribution in [0.15, 0.2) is 18.3 Å². The number of unbranched alkanes of at least 4 members (excludes halogenated alkanes) is 5. The molecule has 0 aromatic carbocycles. The monoisotopic (exact) mass is 278 g/mol. The van der Waals surface area contributed by atoms with Gasteiger partial charge in [0.25, 0.3) is 0 Å². The zero-order valence-electron chi connectivity index (χ0n) is 13.2. The Bertz CT molecular complexity index is 324. The summed E-state index contributed by atoms with van der Waals surface area (Å²) in [6, 6.07) is 4.06. The highest BCUT2D eigenvalue weighted by Gasteiger charge is 1.97. The van der Waals surface area contributed by atoms with Crippen LogP contribution in [0.25, 0.3) is 0 Å². The molecule has 0 atom stereocenters. The van der Waals surface area contributed by atoms with E-state index >= 15 is 0 Å². The number of pyridine rings is 1. The highest BCUT2D eigenvalue weighted by Crippen LogP contribution is 2.09. The predicted molar refractivity (Wildman–Crippen MR) is 85.1 cm³/mol. The van der Waals surface area contributed by atoms with Crippen molar-refractivity contribution in [2.45, 2.75) is 65.3 Å². The van der Waals surface area contributed by atoms with Crippen LogP contribution < -0.4 is 10.1 Å². The number of hydrogen-bond donors (Lipinski definition) is 1. The standard InChI is InChI=1S/C17H30N2O/c1-3-5-6-7-8-9-13-20-17-11-10-16(15-19-17)14-18-12-4-2/h10-11,15,18H,3-9,12-14H2,1-2H3. The van der Waals surface area contributed by atoms with E-state index in [0.717, 1.165) is 38.4 Å². The van der Waals surface area contributed by atoms with Gasteiger partial charge in [0.05, 0.1) is 6.61 Å². The number of aromatic nitrogens is 1. The molecular formula is C17H30N2O. The van der Waals surface area contributed by atoms with E-state index in [2.05, 4.69) is 30.2 Å². The minimum absolute atomic E-state index is 0.748. The van der Waals surface area contributed by atoms with Gasteiger partial charge in [-0.2, -0.15) is 0 Å². The molecule has 1 N–H and O–H groups in total. The number of rotatable bonds is 12. The molecule has 0 spiro atoms. The van der Waals surface area contributed by atoms with Crippen LogP contribution in [0, 0.1) is 0 Å². The van der Waals surface area contributed by atoms with E-state index in [-0.39, 0.29) is 0 Å². The maximum atomic E-state index is 5.66. The van der Waals surface area contributed by atoms with Gasteiger partial charge in [0.1, 0.15) is 0 Å². The van der Waals surface area contributed by atoms with Gasteiger partial charge in [-0.3, -0.25) is 0 Å². The lowest BCUT2D eigenvalue weighted by Gasteiger charge is -2.07. The topological polar surface area (TPSA) is 34.1 Å². The highest BCUT2D eigenvalue weighted by molar-refractivity contribution is 5.17. The zero-order chi connectivity index (χ0) is 14.5. The van der Waals surface area contributed by atoms with E-state index in [1.54, 1.807) is 0 Å². The third-order valence-electron chi connectivity index (χ3n) is 3.30. The van der Waals surface area contributed by atoms with Crippen molar-refractivity contribution < 1.29 is 4.74 Å². The summed E-state index contributed by atoms with van der Waals surface area (Å²) in [5, 5.41) is 3.37. The van der Waals surface area contributed by atoms with Crippen LogP contribution in [0.3, 0.4) is 0 Å². The first-order valence-corrected chi connectivity index (χ1v) is 8.15. The average Bonchev–Trinajstić information content (AvgIpc) is 2.48. The van der Waals surface area contributed by atoms with Crippen molar-refractivity contribution in [1.82, 2.24) is 10.3 Å². The fourth-order valence-corrected chi connectivity index (χ4v) is 2.07. The zero-order valence-corrected chi connectivity index (χ0v) is 13.2. The van der Waals surface area contributed by atoms with Gasteiger partial charge >= 0.3 is 0 Å². The van der Waals surface area contributed by atoms with Gasteiger partial charge in [-0.1, -0.05) is 52.0 Å². The van der Waals surface area contributed by atoms with Gasteiger partial charge in [0.15, 0.2) is 0 Å². The quantitative estimate of drug-likeness (QED) is 0.578. The first-order chi connectivity index (χ1) is 9.86. The van der Waals surface area contributed by atoms with E-state index in [9.17, 15) is 0 Å². The second kappa shape index (κ2) is 11.7. The van der Waals surface area contributed by atoms with Crippen molar-refractivity contribution in [2.75, 3.05) is 13.2 Å². The average molecular weight is 278 g/mol. The fourth-order valence-electron chi connectivity index (χ4n) is 2.07. The molecule has 1 heterocycles. The molecule has 0 saturated carbocycles. The largest absolute Gasteiger partial charge is 0.478 e. The van der Waals surface area contributed by atoms with Crippen LogP contribution in [-0.2, 0) is 6.54 Å². The van der Waals surface area contributed by atoms with E-state index in [4.69, 9.17) is 4.74 Å². The second-order valence-electron chi connectivity index (χ2n) is 5.30. The Morgan fingerprint density at radius 1 is 1.00 bits per heavy atom. The van der Waals surface area contributed by atoms with Gasteiger partial charge in [-0.25, -0.2) is 4.98 Å². The van der Waals surface area contributed by atoms with Crippen LogP contribution >= 0.6 is 0 Å². The van der Waals surface area contributed by atoms with Crippen molar-refractivity contribution >= 4 is 0 Å². The minimum Gasteiger partial charge on any atom is -0.478 e. The first kappa shape index (κ1) is 17.0. The highest BCUT2D eigenvalue weighted by atomic mass is 16.5. The molecule has 0 unspecified atom stereocenters. The summed E-state index contributed by atoms with van der Waals surface area (Å²) >= 11 is 0. The summed E-state index contributed by atoms with van der Waals surface area (Å²) in [7, 11) is 0.